The maximum absolute atomic E-state index is 11.1. The summed E-state index contributed by atoms with van der Waals surface area (Å²) in [6, 6.07) is 1.65. The third-order valence-corrected chi connectivity index (χ3v) is 5.31. The molecule has 7 nitrogen and oxygen atoms in total. The first-order valence-corrected chi connectivity index (χ1v) is 8.68. The molecule has 1 fully saturated rings. The molecule has 1 saturated heterocycles. The molecule has 4 N–H and O–H groups in total. The third-order valence-electron chi connectivity index (χ3n) is 4.35. The van der Waals surface area contributed by atoms with Crippen molar-refractivity contribution in [1.82, 2.24) is 19.7 Å². The molecule has 0 aliphatic carbocycles. The van der Waals surface area contributed by atoms with E-state index in [0.717, 1.165) is 42.2 Å². The van der Waals surface area contributed by atoms with Crippen LogP contribution in [0.25, 0.3) is 16.2 Å². The van der Waals surface area contributed by atoms with Gasteiger partial charge in [0.05, 0.1) is 28.0 Å². The summed E-state index contributed by atoms with van der Waals surface area (Å²) in [5, 5.41) is 14.1. The van der Waals surface area contributed by atoms with Crippen LogP contribution in [0.5, 0.6) is 0 Å². The Balaban J connectivity index is 1.82. The molecule has 24 heavy (non-hydrogen) atoms. The van der Waals surface area contributed by atoms with Crippen LogP contribution >= 0.6 is 11.3 Å². The van der Waals surface area contributed by atoms with Gasteiger partial charge in [-0.2, -0.15) is 0 Å². The van der Waals surface area contributed by atoms with Gasteiger partial charge in [-0.3, -0.25) is 4.40 Å². The lowest BCUT2D eigenvalue weighted by molar-refractivity contribution is 0.0697. The molecule has 4 heterocycles. The Bertz CT molecular complexity index is 910. The van der Waals surface area contributed by atoms with Crippen LogP contribution < -0.4 is 11.1 Å². The van der Waals surface area contributed by atoms with Crippen molar-refractivity contribution in [3.8, 4) is 10.6 Å². The van der Waals surface area contributed by atoms with Crippen LogP contribution in [-0.4, -0.2) is 38.5 Å². The maximum Gasteiger partial charge on any atom is 0.336 e. The van der Waals surface area contributed by atoms with Gasteiger partial charge < -0.3 is 16.2 Å². The number of nitrogens with zero attached hydrogens (tertiary/aromatic N) is 3. The Labute approximate surface area is 142 Å². The number of carbonyl (C=O) groups is 1. The van der Waals surface area contributed by atoms with Crippen molar-refractivity contribution in [2.45, 2.75) is 18.8 Å². The number of nitrogen functional groups attached to an aromatic ring is 1. The van der Waals surface area contributed by atoms with Crippen molar-refractivity contribution in [3.63, 3.8) is 0 Å². The minimum atomic E-state index is -0.934. The number of aromatic nitrogens is 3. The van der Waals surface area contributed by atoms with Gasteiger partial charge in [-0.15, -0.1) is 11.3 Å². The van der Waals surface area contributed by atoms with Crippen LogP contribution in [0.2, 0.25) is 0 Å². The number of aromatic carboxylic acids is 1. The zero-order chi connectivity index (χ0) is 16.7. The molecule has 0 saturated carbocycles. The first kappa shape index (κ1) is 15.1. The van der Waals surface area contributed by atoms with E-state index < -0.39 is 5.97 Å². The fourth-order valence-electron chi connectivity index (χ4n) is 3.08. The number of nitrogens with two attached hydrogens (primary N) is 1. The number of hydrogen-bond donors (Lipinski definition) is 3. The van der Waals surface area contributed by atoms with E-state index in [1.807, 2.05) is 10.6 Å². The van der Waals surface area contributed by atoms with E-state index in [4.69, 9.17) is 10.8 Å². The van der Waals surface area contributed by atoms with Crippen LogP contribution in [-0.2, 0) is 0 Å². The van der Waals surface area contributed by atoms with Gasteiger partial charge in [0.2, 0.25) is 0 Å². The number of imidazole rings is 1. The van der Waals surface area contributed by atoms with Crippen molar-refractivity contribution in [1.29, 1.82) is 0 Å². The molecule has 3 aromatic rings. The molecule has 1 atom stereocenters. The maximum atomic E-state index is 11.1. The summed E-state index contributed by atoms with van der Waals surface area (Å²) >= 11 is 1.37. The van der Waals surface area contributed by atoms with E-state index in [9.17, 15) is 4.79 Å². The van der Waals surface area contributed by atoms with E-state index in [1.54, 1.807) is 17.6 Å². The largest absolute Gasteiger partial charge is 0.478 e. The number of carboxylic acid groups (broad SMARTS) is 1. The van der Waals surface area contributed by atoms with E-state index in [2.05, 4.69) is 15.3 Å². The molecule has 3 aromatic heterocycles. The second kappa shape index (κ2) is 5.88. The zero-order valence-corrected chi connectivity index (χ0v) is 13.7. The lowest BCUT2D eigenvalue weighted by Gasteiger charge is -2.20. The number of anilines is 1. The number of thiophene rings is 1. The van der Waals surface area contributed by atoms with Gasteiger partial charge >= 0.3 is 5.97 Å². The summed E-state index contributed by atoms with van der Waals surface area (Å²) in [6.45, 7) is 1.96. The number of fused-ring (bicyclic) bond motifs is 1. The van der Waals surface area contributed by atoms with Crippen molar-refractivity contribution in [2.24, 2.45) is 0 Å². The Morgan fingerprint density at radius 3 is 3.08 bits per heavy atom. The average molecular weight is 343 g/mol. The highest BCUT2D eigenvalue weighted by atomic mass is 32.1. The average Bonchev–Trinajstić information content (AvgIpc) is 3.24. The molecule has 0 radical (unpaired) electrons. The van der Waals surface area contributed by atoms with Crippen molar-refractivity contribution in [2.75, 3.05) is 18.8 Å². The van der Waals surface area contributed by atoms with Crippen LogP contribution in [0, 0.1) is 0 Å². The van der Waals surface area contributed by atoms with Gasteiger partial charge in [0.1, 0.15) is 0 Å². The summed E-state index contributed by atoms with van der Waals surface area (Å²) in [5.41, 5.74) is 8.70. The highest BCUT2D eigenvalue weighted by Gasteiger charge is 2.21. The van der Waals surface area contributed by atoms with E-state index in [-0.39, 0.29) is 5.56 Å². The monoisotopic (exact) mass is 343 g/mol. The van der Waals surface area contributed by atoms with Gasteiger partial charge in [0.15, 0.2) is 11.5 Å². The molecule has 8 heteroatoms. The lowest BCUT2D eigenvalue weighted by atomic mass is 9.97. The Kier molecular flexibility index (Phi) is 3.70. The molecule has 0 bridgehead atoms. The summed E-state index contributed by atoms with van der Waals surface area (Å²) < 4.78 is 1.92. The number of nitrogens with one attached hydrogen (secondary N) is 1. The van der Waals surface area contributed by atoms with Crippen LogP contribution in [0.1, 0.15) is 34.8 Å². The molecular formula is C16H17N5O2S. The summed E-state index contributed by atoms with van der Waals surface area (Å²) in [4.78, 5) is 20.9. The Hall–Kier alpha value is -2.45. The molecule has 4 rings (SSSR count). The number of rotatable bonds is 3. The molecule has 124 valence electrons. The Morgan fingerprint density at radius 1 is 1.50 bits per heavy atom. The molecule has 0 aromatic carbocycles. The Morgan fingerprint density at radius 2 is 2.38 bits per heavy atom. The van der Waals surface area contributed by atoms with Gasteiger partial charge in [-0.1, -0.05) is 0 Å². The van der Waals surface area contributed by atoms with Gasteiger partial charge in [0.25, 0.3) is 0 Å². The minimum absolute atomic E-state index is 0.275. The first-order chi connectivity index (χ1) is 11.6. The molecule has 1 aliphatic rings. The van der Waals surface area contributed by atoms with E-state index in [0.29, 0.717) is 17.4 Å². The topological polar surface area (TPSA) is 106 Å². The van der Waals surface area contributed by atoms with E-state index in [1.165, 1.54) is 11.3 Å². The second-order valence-electron chi connectivity index (χ2n) is 5.94. The van der Waals surface area contributed by atoms with Crippen molar-refractivity contribution < 1.29 is 9.90 Å². The van der Waals surface area contributed by atoms with Crippen molar-refractivity contribution >= 4 is 28.8 Å². The molecular weight excluding hydrogens is 326 g/mol. The first-order valence-electron chi connectivity index (χ1n) is 7.80. The summed E-state index contributed by atoms with van der Waals surface area (Å²) in [7, 11) is 0. The smallest absolute Gasteiger partial charge is 0.336 e. The number of piperidine rings is 1. The summed E-state index contributed by atoms with van der Waals surface area (Å²) in [5.74, 6) is -0.190. The van der Waals surface area contributed by atoms with E-state index >= 15 is 0 Å². The van der Waals surface area contributed by atoms with Crippen LogP contribution in [0.4, 0.5) is 5.82 Å². The predicted molar refractivity (Wildman–Crippen MR) is 92.5 cm³/mol. The predicted octanol–water partition coefficient (Wildman–Crippen LogP) is 2.21. The lowest BCUT2D eigenvalue weighted by Crippen LogP contribution is -2.28. The molecule has 0 amide bonds. The summed E-state index contributed by atoms with van der Waals surface area (Å²) in [6.07, 6.45) is 5.90. The minimum Gasteiger partial charge on any atom is -0.478 e. The van der Waals surface area contributed by atoms with Crippen molar-refractivity contribution in [3.05, 3.63) is 35.1 Å². The standard InChI is InChI=1S/C16H17N5O2S/c17-14-15-20-11(9-2-1-3-18-5-9)7-21(15)12(6-19-14)13-4-10(8-24-13)16(22)23/h4,6-9,18H,1-3,5H2,(H2,17,19)(H,22,23)/t9-/m0/s1. The molecule has 0 unspecified atom stereocenters. The quantitative estimate of drug-likeness (QED) is 0.673. The second-order valence-corrected chi connectivity index (χ2v) is 6.85. The molecule has 0 spiro atoms. The van der Waals surface area contributed by atoms with Gasteiger partial charge in [-0.25, -0.2) is 14.8 Å². The fourth-order valence-corrected chi connectivity index (χ4v) is 3.97. The SMILES string of the molecule is Nc1ncc(-c2cc(C(=O)O)cs2)n2cc([C@H]3CCCNC3)nc12. The highest BCUT2D eigenvalue weighted by Crippen LogP contribution is 2.31. The van der Waals surface area contributed by atoms with Gasteiger partial charge in [-0.05, 0) is 25.5 Å². The number of hydrogen-bond acceptors (Lipinski definition) is 6. The highest BCUT2D eigenvalue weighted by molar-refractivity contribution is 7.13. The fraction of sp³-hybridized carbons (Fsp3) is 0.312. The van der Waals surface area contributed by atoms with Crippen LogP contribution in [0.3, 0.4) is 0 Å². The molecule has 1 aliphatic heterocycles. The normalized spacial score (nSPS) is 18.1. The zero-order valence-electron chi connectivity index (χ0n) is 12.9. The number of carboxylic acids is 1. The van der Waals surface area contributed by atoms with Gasteiger partial charge in [0, 0.05) is 24.0 Å². The van der Waals surface area contributed by atoms with Crippen LogP contribution in [0.15, 0.2) is 23.8 Å². The third kappa shape index (κ3) is 2.53.